The van der Waals surface area contributed by atoms with Crippen molar-refractivity contribution in [1.82, 2.24) is 26.6 Å². The Labute approximate surface area is 432 Å². The molecule has 402 valence electrons. The fraction of sp³-hybridized carbons (Fsp3) is 0.378. The first-order valence-electron chi connectivity index (χ1n) is 19.1. The fourth-order valence-corrected chi connectivity index (χ4v) is 7.27. The standard InChI is InChI=1S/C22H26ClN3O7S.C17H18ClN3O5S.C2HF3O2.4CH4/c1-22(2,3)33-21(31)25-11-15(20(30)32-4)26-19(29)17-14(23)9-16(34-17)18(28)24-10-12-6-5-7-13(27)8-12;1-26-17(25)12(7-19)21-16(24)14-11(18)6-13(27-14)15(23)20-8-9-3-2-4-10(22)5-9;3-2(4,5)1(6)7;;;;/h5-9,15,27H,10-11H2,1-4H3,(H,24,28)(H,25,31)(H,26,29);2-6,12,22H,7-8,19H2,1H3,(H,20,23)(H,21,24);(H,6,7);4*1H4/t15-;12-;;;;;/m00...../s1. The van der Waals surface area contributed by atoms with Crippen LogP contribution in [0.5, 0.6) is 11.5 Å². The number of methoxy groups -OCH3 is 2. The molecule has 20 nitrogen and oxygen atoms in total. The average molecular weight is 1100 g/mol. The van der Waals surface area contributed by atoms with Gasteiger partial charge in [0, 0.05) is 19.6 Å². The molecule has 0 unspecified atom stereocenters. The minimum absolute atomic E-state index is 0. The van der Waals surface area contributed by atoms with Gasteiger partial charge in [0.05, 0.1) is 40.6 Å². The van der Waals surface area contributed by atoms with E-state index >= 15 is 0 Å². The maximum atomic E-state index is 12.7. The van der Waals surface area contributed by atoms with Crippen molar-refractivity contribution in [2.24, 2.45) is 5.73 Å². The van der Waals surface area contributed by atoms with Crippen LogP contribution in [0.2, 0.25) is 10.0 Å². The van der Waals surface area contributed by atoms with Gasteiger partial charge in [0.2, 0.25) is 0 Å². The van der Waals surface area contributed by atoms with Gasteiger partial charge in [0.1, 0.15) is 38.9 Å². The summed E-state index contributed by atoms with van der Waals surface area (Å²) in [4.78, 5) is 94.6. The summed E-state index contributed by atoms with van der Waals surface area (Å²) in [6.07, 6.45) is -5.85. The summed E-state index contributed by atoms with van der Waals surface area (Å²) in [7, 11) is 2.33. The maximum absolute atomic E-state index is 12.7. The average Bonchev–Trinajstić information content (AvgIpc) is 3.86. The summed E-state index contributed by atoms with van der Waals surface area (Å²) in [5.41, 5.74) is 6.11. The van der Waals surface area contributed by atoms with E-state index in [-0.39, 0.29) is 96.9 Å². The van der Waals surface area contributed by atoms with Crippen LogP contribution < -0.4 is 32.3 Å². The molecule has 0 radical (unpaired) electrons. The van der Waals surface area contributed by atoms with Crippen LogP contribution in [0.1, 0.15) is 100 Å². The zero-order chi connectivity index (χ0) is 51.5. The molecule has 0 aliphatic heterocycles. The molecule has 0 aliphatic carbocycles. The lowest BCUT2D eigenvalue weighted by atomic mass is 10.2. The van der Waals surface area contributed by atoms with Crippen molar-refractivity contribution >= 4 is 93.5 Å². The molecule has 5 amide bonds. The van der Waals surface area contributed by atoms with E-state index in [2.05, 4.69) is 36.1 Å². The summed E-state index contributed by atoms with van der Waals surface area (Å²) in [6, 6.07) is 13.4. The third-order valence-corrected chi connectivity index (χ3v) is 11.0. The number of hydrogen-bond donors (Lipinski definition) is 9. The van der Waals surface area contributed by atoms with E-state index in [1.165, 1.54) is 43.5 Å². The monoisotopic (exact) mass is 1100 g/mol. The number of nitrogens with one attached hydrogen (secondary N) is 5. The van der Waals surface area contributed by atoms with Crippen LogP contribution in [-0.2, 0) is 41.7 Å². The number of alkyl carbamates (subject to hydrolysis) is 1. The second-order valence-electron chi connectivity index (χ2n) is 14.3. The molecule has 0 saturated carbocycles. The Morgan fingerprint density at radius 2 is 1.03 bits per heavy atom. The molecule has 0 spiro atoms. The van der Waals surface area contributed by atoms with Gasteiger partial charge in [0.25, 0.3) is 23.6 Å². The lowest BCUT2D eigenvalue weighted by molar-refractivity contribution is -0.192. The molecule has 4 aromatic rings. The van der Waals surface area contributed by atoms with Gasteiger partial charge in [-0.15, -0.1) is 22.7 Å². The number of carboxylic acids is 1. The Balaban J connectivity index is -0.00000113. The van der Waals surface area contributed by atoms with Gasteiger partial charge in [-0.2, -0.15) is 13.2 Å². The molecule has 4 rings (SSSR count). The number of nitrogens with two attached hydrogens (primary N) is 1. The first kappa shape index (κ1) is 69.6. The van der Waals surface area contributed by atoms with Crippen molar-refractivity contribution in [1.29, 1.82) is 0 Å². The Bertz CT molecular complexity index is 2450. The summed E-state index contributed by atoms with van der Waals surface area (Å²) >= 11 is 13.9. The van der Waals surface area contributed by atoms with E-state index in [4.69, 9.17) is 43.6 Å². The largest absolute Gasteiger partial charge is 0.508 e. The topological polar surface area (TPSA) is 311 Å². The number of carbonyl (C=O) groups is 8. The zero-order valence-corrected chi connectivity index (χ0v) is 39.5. The lowest BCUT2D eigenvalue weighted by Crippen LogP contribution is -2.49. The molecule has 0 aliphatic rings. The van der Waals surface area contributed by atoms with Gasteiger partial charge in [-0.1, -0.05) is 77.2 Å². The van der Waals surface area contributed by atoms with Crippen molar-refractivity contribution in [2.45, 2.75) is 87.4 Å². The highest BCUT2D eigenvalue weighted by atomic mass is 35.5. The molecule has 2 aromatic heterocycles. The smallest absolute Gasteiger partial charge is 0.490 e. The molecule has 2 heterocycles. The number of benzene rings is 2. The van der Waals surface area contributed by atoms with E-state index in [9.17, 15) is 56.9 Å². The summed E-state index contributed by atoms with van der Waals surface area (Å²) < 4.78 is 46.1. The van der Waals surface area contributed by atoms with Gasteiger partial charge in [-0.3, -0.25) is 19.2 Å². The maximum Gasteiger partial charge on any atom is 0.490 e. The number of carbonyl (C=O) groups excluding carboxylic acids is 7. The van der Waals surface area contributed by atoms with Gasteiger partial charge in [-0.05, 0) is 68.3 Å². The number of carboxylic acid groups (broad SMARTS) is 1. The predicted octanol–water partition coefficient (Wildman–Crippen LogP) is 7.28. The van der Waals surface area contributed by atoms with Crippen molar-refractivity contribution in [3.8, 4) is 11.5 Å². The molecule has 0 bridgehead atoms. The predicted molar refractivity (Wildman–Crippen MR) is 268 cm³/mol. The van der Waals surface area contributed by atoms with E-state index in [0.717, 1.165) is 29.8 Å². The van der Waals surface area contributed by atoms with Crippen LogP contribution in [0.25, 0.3) is 0 Å². The van der Waals surface area contributed by atoms with Gasteiger partial charge >= 0.3 is 30.2 Å². The highest BCUT2D eigenvalue weighted by Gasteiger charge is 2.38. The van der Waals surface area contributed by atoms with Crippen molar-refractivity contribution in [3.63, 3.8) is 0 Å². The second-order valence-corrected chi connectivity index (χ2v) is 17.2. The third kappa shape index (κ3) is 24.0. The Hall–Kier alpha value is -6.67. The minimum atomic E-state index is -5.08. The summed E-state index contributed by atoms with van der Waals surface area (Å²) in [5.74, 6) is -6.29. The van der Waals surface area contributed by atoms with Crippen molar-refractivity contribution in [3.05, 3.63) is 101 Å². The Morgan fingerprint density at radius 3 is 1.36 bits per heavy atom. The number of phenolic OH excluding ortho intramolecular Hbond substituents is 2. The van der Waals surface area contributed by atoms with Crippen LogP contribution in [0.4, 0.5) is 18.0 Å². The van der Waals surface area contributed by atoms with E-state index in [1.807, 2.05) is 0 Å². The minimum Gasteiger partial charge on any atom is -0.508 e. The van der Waals surface area contributed by atoms with Crippen LogP contribution in [-0.4, -0.2) is 114 Å². The third-order valence-electron chi connectivity index (χ3n) is 7.87. The number of aromatic hydroxyl groups is 2. The summed E-state index contributed by atoms with van der Waals surface area (Å²) in [6.45, 7) is 4.98. The van der Waals surface area contributed by atoms with Crippen molar-refractivity contribution in [2.75, 3.05) is 27.3 Å². The normalized spacial score (nSPS) is 11.0. The van der Waals surface area contributed by atoms with Gasteiger partial charge < -0.3 is 61.8 Å². The van der Waals surface area contributed by atoms with Gasteiger partial charge in [0.15, 0.2) is 0 Å². The van der Waals surface area contributed by atoms with Crippen LogP contribution >= 0.6 is 45.9 Å². The Kier molecular flexibility index (Phi) is 31.3. The van der Waals surface area contributed by atoms with Crippen LogP contribution in [0.3, 0.4) is 0 Å². The molecular weight excluding hydrogens is 1040 g/mol. The highest BCUT2D eigenvalue weighted by molar-refractivity contribution is 7.17. The lowest BCUT2D eigenvalue weighted by Gasteiger charge is -2.21. The quantitative estimate of drug-likeness (QED) is 0.0417. The molecule has 0 fully saturated rings. The molecule has 27 heteroatoms. The van der Waals surface area contributed by atoms with E-state index < -0.39 is 71.5 Å². The zero-order valence-electron chi connectivity index (χ0n) is 36.4. The number of amides is 5. The van der Waals surface area contributed by atoms with Crippen LogP contribution in [0.15, 0.2) is 60.7 Å². The highest BCUT2D eigenvalue weighted by Crippen LogP contribution is 2.29. The first-order valence-corrected chi connectivity index (χ1v) is 21.5. The number of alkyl halides is 3. The van der Waals surface area contributed by atoms with Gasteiger partial charge in [-0.25, -0.2) is 19.2 Å². The molecule has 2 aromatic carbocycles. The molecule has 72 heavy (non-hydrogen) atoms. The number of aliphatic carboxylic acids is 1. The number of halogens is 5. The van der Waals surface area contributed by atoms with E-state index in [0.29, 0.717) is 11.1 Å². The fourth-order valence-electron chi connectivity index (χ4n) is 4.78. The van der Waals surface area contributed by atoms with E-state index in [1.54, 1.807) is 45.0 Å². The number of thiophene rings is 2. The summed E-state index contributed by atoms with van der Waals surface area (Å²) in [5, 5.41) is 38.8. The Morgan fingerprint density at radius 1 is 0.653 bits per heavy atom. The SMILES string of the molecule is C.C.C.C.COC(=O)[C@H](CN)NC(=O)c1sc(C(=O)NCc2cccc(O)c2)cc1Cl.COC(=O)[C@H](CNC(=O)OC(C)(C)C)NC(=O)c1sc(C(=O)NCc2cccc(O)c2)cc1Cl.O=C(O)C(F)(F)F. The number of hydrogen-bond acceptors (Lipinski definition) is 16. The molecular formula is C45H61Cl2F3N6O14S2. The molecule has 10 N–H and O–H groups in total. The number of phenols is 2. The molecule has 2 atom stereocenters. The first-order chi connectivity index (χ1) is 31.7. The number of ether oxygens (including phenoxy) is 3. The number of esters is 2. The van der Waals surface area contributed by atoms with Crippen molar-refractivity contribution < 1.29 is 81.1 Å². The number of rotatable bonds is 15. The van der Waals surface area contributed by atoms with Crippen LogP contribution in [0, 0.1) is 0 Å². The second kappa shape index (κ2) is 32.3. The molecule has 0 saturated heterocycles.